The molecule has 0 aliphatic carbocycles. The number of hydrogen-bond donors (Lipinski definition) is 0. The molecule has 0 aliphatic heterocycles. The third-order valence-electron chi connectivity index (χ3n) is 5.66. The van der Waals surface area contributed by atoms with E-state index < -0.39 is 0 Å². The Morgan fingerprint density at radius 2 is 1.24 bits per heavy atom. The van der Waals surface area contributed by atoms with E-state index in [1.165, 1.54) is 26.9 Å². The summed E-state index contributed by atoms with van der Waals surface area (Å²) < 4.78 is 2.32. The Morgan fingerprint density at radius 3 is 2.17 bits per heavy atom. The van der Waals surface area contributed by atoms with E-state index in [2.05, 4.69) is 77.4 Å². The quantitative estimate of drug-likeness (QED) is 0.256. The van der Waals surface area contributed by atoms with Crippen LogP contribution >= 0.6 is 23.2 Å². The van der Waals surface area contributed by atoms with Crippen LogP contribution in [0.5, 0.6) is 0 Å². The molecule has 5 aromatic carbocycles. The molecule has 1 heterocycles. The lowest BCUT2D eigenvalue weighted by atomic mass is 10.1. The van der Waals surface area contributed by atoms with Gasteiger partial charge in [0.1, 0.15) is 0 Å². The largest absolute Gasteiger partial charge is 0.309 e. The minimum Gasteiger partial charge on any atom is -0.309 e. The molecule has 0 fully saturated rings. The molecule has 138 valence electrons. The van der Waals surface area contributed by atoms with Crippen molar-refractivity contribution in [2.24, 2.45) is 0 Å². The number of hydrogen-bond acceptors (Lipinski definition) is 0. The summed E-state index contributed by atoms with van der Waals surface area (Å²) in [4.78, 5) is 0. The predicted molar refractivity (Wildman–Crippen MR) is 126 cm³/mol. The van der Waals surface area contributed by atoms with Crippen LogP contribution in [0.2, 0.25) is 10.0 Å². The van der Waals surface area contributed by atoms with Crippen LogP contribution in [-0.2, 0) is 0 Å². The first-order chi connectivity index (χ1) is 14.2. The van der Waals surface area contributed by atoms with Crippen LogP contribution in [0.15, 0.2) is 91.0 Å². The first-order valence-corrected chi connectivity index (χ1v) is 10.3. The number of fused-ring (bicyclic) bond motifs is 5. The highest BCUT2D eigenvalue weighted by Crippen LogP contribution is 2.38. The fraction of sp³-hybridized carbons (Fsp3) is 0. The molecule has 0 atom stereocenters. The molecule has 6 aromatic rings. The van der Waals surface area contributed by atoms with Gasteiger partial charge in [-0.2, -0.15) is 0 Å². The van der Waals surface area contributed by atoms with Crippen LogP contribution in [-0.4, -0.2) is 4.57 Å². The second-order valence-corrected chi connectivity index (χ2v) is 8.23. The lowest BCUT2D eigenvalue weighted by molar-refractivity contribution is 1.20. The summed E-state index contributed by atoms with van der Waals surface area (Å²) in [5, 5.41) is 8.59. The van der Waals surface area contributed by atoms with E-state index in [-0.39, 0.29) is 0 Å². The monoisotopic (exact) mass is 411 g/mol. The minimum atomic E-state index is 0.731. The Balaban J connectivity index is 1.85. The van der Waals surface area contributed by atoms with E-state index in [0.29, 0.717) is 0 Å². The van der Waals surface area contributed by atoms with Crippen molar-refractivity contribution >= 4 is 66.6 Å². The summed E-state index contributed by atoms with van der Waals surface area (Å²) in [6.45, 7) is 0. The zero-order chi connectivity index (χ0) is 19.5. The van der Waals surface area contributed by atoms with Gasteiger partial charge in [0, 0.05) is 26.2 Å². The second kappa shape index (κ2) is 6.25. The SMILES string of the molecule is Clc1ccc2cc3c4ccc(Cl)cc4n(-c4cccc5ccccc45)c3cc2c1. The molecule has 0 amide bonds. The Hall–Kier alpha value is -3.00. The van der Waals surface area contributed by atoms with Crippen LogP contribution in [0.4, 0.5) is 0 Å². The number of nitrogens with zero attached hydrogens (tertiary/aromatic N) is 1. The average Bonchev–Trinajstić information content (AvgIpc) is 3.03. The van der Waals surface area contributed by atoms with E-state index in [4.69, 9.17) is 23.2 Å². The van der Waals surface area contributed by atoms with Gasteiger partial charge in [-0.15, -0.1) is 0 Å². The summed E-state index contributed by atoms with van der Waals surface area (Å²) in [5.74, 6) is 0. The van der Waals surface area contributed by atoms with Gasteiger partial charge in [-0.3, -0.25) is 0 Å². The lowest BCUT2D eigenvalue weighted by Crippen LogP contribution is -1.95. The van der Waals surface area contributed by atoms with Gasteiger partial charge in [0.2, 0.25) is 0 Å². The summed E-state index contributed by atoms with van der Waals surface area (Å²) in [6.07, 6.45) is 0. The van der Waals surface area contributed by atoms with E-state index in [1.54, 1.807) is 0 Å². The number of aromatic nitrogens is 1. The van der Waals surface area contributed by atoms with Crippen LogP contribution in [0.3, 0.4) is 0 Å². The maximum Gasteiger partial charge on any atom is 0.0556 e. The number of rotatable bonds is 1. The second-order valence-electron chi connectivity index (χ2n) is 7.36. The van der Waals surface area contributed by atoms with Crippen LogP contribution < -0.4 is 0 Å². The molecule has 0 radical (unpaired) electrons. The smallest absolute Gasteiger partial charge is 0.0556 e. The first kappa shape index (κ1) is 16.9. The van der Waals surface area contributed by atoms with Gasteiger partial charge >= 0.3 is 0 Å². The summed E-state index contributed by atoms with van der Waals surface area (Å²) in [7, 11) is 0. The van der Waals surface area contributed by atoms with E-state index in [1.807, 2.05) is 18.2 Å². The standard InChI is InChI=1S/C26H15Cl2N/c27-19-9-8-17-13-23-22-11-10-20(28)15-26(22)29(25(23)14-18(17)12-19)24-7-3-5-16-4-1-2-6-21(16)24/h1-15H. The third-order valence-corrected chi connectivity index (χ3v) is 6.13. The van der Waals surface area contributed by atoms with Gasteiger partial charge in [-0.05, 0) is 58.6 Å². The van der Waals surface area contributed by atoms with Crippen molar-refractivity contribution in [3.8, 4) is 5.69 Å². The summed E-state index contributed by atoms with van der Waals surface area (Å²) in [6, 6.07) is 31.6. The van der Waals surface area contributed by atoms with Crippen LogP contribution in [0.1, 0.15) is 0 Å². The van der Waals surface area contributed by atoms with E-state index in [0.717, 1.165) is 32.2 Å². The van der Waals surface area contributed by atoms with Crippen molar-refractivity contribution in [1.29, 1.82) is 0 Å². The fourth-order valence-electron chi connectivity index (χ4n) is 4.37. The molecule has 1 nitrogen and oxygen atoms in total. The van der Waals surface area contributed by atoms with E-state index >= 15 is 0 Å². The maximum atomic E-state index is 6.42. The Bertz CT molecular complexity index is 1570. The van der Waals surface area contributed by atoms with Crippen molar-refractivity contribution in [1.82, 2.24) is 4.57 Å². The normalized spacial score (nSPS) is 11.8. The molecule has 3 heteroatoms. The topological polar surface area (TPSA) is 4.93 Å². The Labute approximate surface area is 177 Å². The number of benzene rings is 5. The van der Waals surface area contributed by atoms with Gasteiger partial charge in [0.05, 0.1) is 16.7 Å². The van der Waals surface area contributed by atoms with Crippen LogP contribution in [0.25, 0.3) is 49.0 Å². The van der Waals surface area contributed by atoms with Gasteiger partial charge in [0.15, 0.2) is 0 Å². The molecule has 0 N–H and O–H groups in total. The molecule has 6 rings (SSSR count). The van der Waals surface area contributed by atoms with Crippen molar-refractivity contribution in [2.75, 3.05) is 0 Å². The highest BCUT2D eigenvalue weighted by Gasteiger charge is 2.15. The summed E-state index contributed by atoms with van der Waals surface area (Å²) >= 11 is 12.7. The molecular formula is C26H15Cl2N. The first-order valence-electron chi connectivity index (χ1n) is 9.50. The highest BCUT2D eigenvalue weighted by molar-refractivity contribution is 6.32. The van der Waals surface area contributed by atoms with Gasteiger partial charge < -0.3 is 4.57 Å². The van der Waals surface area contributed by atoms with Crippen molar-refractivity contribution in [3.05, 3.63) is 101 Å². The molecule has 0 bridgehead atoms. The molecule has 0 aliphatic rings. The van der Waals surface area contributed by atoms with Crippen molar-refractivity contribution in [2.45, 2.75) is 0 Å². The maximum absolute atomic E-state index is 6.42. The third kappa shape index (κ3) is 2.55. The molecule has 0 saturated carbocycles. The molecule has 0 saturated heterocycles. The zero-order valence-electron chi connectivity index (χ0n) is 15.4. The zero-order valence-corrected chi connectivity index (χ0v) is 16.9. The van der Waals surface area contributed by atoms with Crippen LogP contribution in [0, 0.1) is 0 Å². The van der Waals surface area contributed by atoms with Gasteiger partial charge in [0.25, 0.3) is 0 Å². The number of halogens is 2. The fourth-order valence-corrected chi connectivity index (χ4v) is 4.71. The molecule has 0 spiro atoms. The average molecular weight is 412 g/mol. The minimum absolute atomic E-state index is 0.731. The van der Waals surface area contributed by atoms with Crippen molar-refractivity contribution in [3.63, 3.8) is 0 Å². The molecule has 29 heavy (non-hydrogen) atoms. The van der Waals surface area contributed by atoms with E-state index in [9.17, 15) is 0 Å². The highest BCUT2D eigenvalue weighted by atomic mass is 35.5. The molecular weight excluding hydrogens is 397 g/mol. The summed E-state index contributed by atoms with van der Waals surface area (Å²) in [5.41, 5.74) is 3.39. The lowest BCUT2D eigenvalue weighted by Gasteiger charge is -2.12. The predicted octanol–water partition coefficient (Wildman–Crippen LogP) is 8.40. The van der Waals surface area contributed by atoms with Gasteiger partial charge in [-0.25, -0.2) is 0 Å². The molecule has 1 aromatic heterocycles. The molecule has 0 unspecified atom stereocenters. The Kier molecular flexibility index (Phi) is 3.64. The Morgan fingerprint density at radius 1 is 0.483 bits per heavy atom. The van der Waals surface area contributed by atoms with Gasteiger partial charge in [-0.1, -0.05) is 71.7 Å². The van der Waals surface area contributed by atoms with Crippen molar-refractivity contribution < 1.29 is 0 Å².